The number of alkyl halides is 3. The number of benzene rings is 1. The normalized spacial score (nSPS) is 11.3. The number of hydrogen-bond donors (Lipinski definition) is 0. The van der Waals surface area contributed by atoms with E-state index in [0.717, 1.165) is 5.56 Å². The lowest BCUT2D eigenvalue weighted by Gasteiger charge is -2.04. The Morgan fingerprint density at radius 3 is 2.45 bits per heavy atom. The Balaban J connectivity index is 2.12. The molecule has 0 N–H and O–H groups in total. The van der Waals surface area contributed by atoms with Crippen LogP contribution >= 0.6 is 0 Å². The van der Waals surface area contributed by atoms with E-state index in [9.17, 15) is 22.8 Å². The van der Waals surface area contributed by atoms with Crippen LogP contribution in [0.4, 0.5) is 13.2 Å². The minimum atomic E-state index is -5.22. The van der Waals surface area contributed by atoms with Gasteiger partial charge in [0.25, 0.3) is 0 Å². The molecule has 0 aliphatic carbocycles. The summed E-state index contributed by atoms with van der Waals surface area (Å²) in [6, 6.07) is 9.21. The Kier molecular flexibility index (Phi) is 4.30. The predicted molar refractivity (Wildman–Crippen MR) is 69.0 cm³/mol. The zero-order chi connectivity index (χ0) is 16.3. The summed E-state index contributed by atoms with van der Waals surface area (Å²) in [5.74, 6) is -3.58. The van der Waals surface area contributed by atoms with Gasteiger partial charge in [0.15, 0.2) is 5.69 Å². The topological polar surface area (TPSA) is 61.2 Å². The first-order valence-corrected chi connectivity index (χ1v) is 6.18. The minimum absolute atomic E-state index is 0.356. The molecule has 5 nitrogen and oxygen atoms in total. The molecule has 2 rings (SSSR count). The molecule has 1 aromatic carbocycles. The number of carbonyl (C=O) groups is 2. The average Bonchev–Trinajstić information content (AvgIpc) is 2.80. The van der Waals surface area contributed by atoms with E-state index < -0.39 is 18.1 Å². The van der Waals surface area contributed by atoms with Crippen LogP contribution < -0.4 is 0 Å². The molecule has 0 saturated carbocycles. The number of halogens is 3. The van der Waals surface area contributed by atoms with Crippen LogP contribution in [0.5, 0.6) is 0 Å². The number of rotatable bonds is 3. The minimum Gasteiger partial charge on any atom is -0.381 e. The summed E-state index contributed by atoms with van der Waals surface area (Å²) in [4.78, 5) is 25.9. The van der Waals surface area contributed by atoms with Crippen molar-refractivity contribution in [2.24, 2.45) is 0 Å². The average molecular weight is 312 g/mol. The number of hydrogen-bond acceptors (Lipinski definition) is 4. The van der Waals surface area contributed by atoms with E-state index in [1.807, 2.05) is 30.3 Å². The van der Waals surface area contributed by atoms with Crippen LogP contribution in [0, 0.1) is 6.92 Å². The van der Waals surface area contributed by atoms with Gasteiger partial charge in [0, 0.05) is 12.7 Å². The molecule has 116 valence electrons. The smallest absolute Gasteiger partial charge is 0.381 e. The van der Waals surface area contributed by atoms with Crippen molar-refractivity contribution in [2.75, 3.05) is 0 Å². The van der Waals surface area contributed by atoms with Crippen molar-refractivity contribution in [2.45, 2.75) is 19.6 Å². The number of ether oxygens (including phenoxy) is 1. The largest absolute Gasteiger partial charge is 0.491 e. The fourth-order valence-electron chi connectivity index (χ4n) is 1.74. The van der Waals surface area contributed by atoms with E-state index in [0.29, 0.717) is 12.4 Å². The second-order valence-corrected chi connectivity index (χ2v) is 4.46. The van der Waals surface area contributed by atoms with E-state index in [-0.39, 0.29) is 5.69 Å². The summed E-state index contributed by atoms with van der Waals surface area (Å²) in [5.41, 5.74) is 0.570. The first kappa shape index (κ1) is 15.7. The van der Waals surface area contributed by atoms with Crippen molar-refractivity contribution in [1.82, 2.24) is 9.55 Å². The second-order valence-electron chi connectivity index (χ2n) is 4.46. The summed E-state index contributed by atoms with van der Waals surface area (Å²) in [5, 5.41) is 0. The lowest BCUT2D eigenvalue weighted by molar-refractivity contribution is -0.193. The SMILES string of the molecule is Cc1nc(C(=O)OC(=O)C(F)(F)F)cn1Cc1ccccc1. The number of imidazole rings is 1. The molecule has 0 saturated heterocycles. The highest BCUT2D eigenvalue weighted by Crippen LogP contribution is 2.17. The van der Waals surface area contributed by atoms with Gasteiger partial charge in [0.2, 0.25) is 0 Å². The Morgan fingerprint density at radius 2 is 1.86 bits per heavy atom. The monoisotopic (exact) mass is 312 g/mol. The molecule has 0 bridgehead atoms. The lowest BCUT2D eigenvalue weighted by atomic mass is 10.2. The van der Waals surface area contributed by atoms with Crippen molar-refractivity contribution in [3.05, 3.63) is 53.6 Å². The van der Waals surface area contributed by atoms with Crippen LogP contribution in [0.2, 0.25) is 0 Å². The van der Waals surface area contributed by atoms with Gasteiger partial charge in [-0.2, -0.15) is 13.2 Å². The first-order valence-electron chi connectivity index (χ1n) is 6.18. The Morgan fingerprint density at radius 1 is 1.23 bits per heavy atom. The zero-order valence-electron chi connectivity index (χ0n) is 11.4. The third kappa shape index (κ3) is 3.72. The number of esters is 2. The van der Waals surface area contributed by atoms with E-state index in [4.69, 9.17) is 0 Å². The van der Waals surface area contributed by atoms with Gasteiger partial charge in [-0.1, -0.05) is 30.3 Å². The van der Waals surface area contributed by atoms with E-state index in [1.165, 1.54) is 6.20 Å². The van der Waals surface area contributed by atoms with Crippen molar-refractivity contribution in [1.29, 1.82) is 0 Å². The standard InChI is InChI=1S/C14H11F3N2O3/c1-9-18-11(12(20)22-13(21)14(15,16)17)8-19(9)7-10-5-3-2-4-6-10/h2-6,8H,7H2,1H3. The summed E-state index contributed by atoms with van der Waals surface area (Å²) in [6.07, 6.45) is -3.98. The molecule has 0 aliphatic heterocycles. The quantitative estimate of drug-likeness (QED) is 0.645. The summed E-state index contributed by atoms with van der Waals surface area (Å²) in [7, 11) is 0. The molecule has 2 aromatic rings. The first-order chi connectivity index (χ1) is 10.3. The van der Waals surface area contributed by atoms with E-state index >= 15 is 0 Å². The highest BCUT2D eigenvalue weighted by molar-refractivity contribution is 5.96. The molecule has 0 aliphatic rings. The number of aromatic nitrogens is 2. The van der Waals surface area contributed by atoms with Crippen LogP contribution in [0.3, 0.4) is 0 Å². The fraction of sp³-hybridized carbons (Fsp3) is 0.214. The van der Waals surface area contributed by atoms with Crippen LogP contribution in [-0.2, 0) is 16.1 Å². The number of aryl methyl sites for hydroxylation is 1. The van der Waals surface area contributed by atoms with Crippen molar-refractivity contribution < 1.29 is 27.5 Å². The zero-order valence-corrected chi connectivity index (χ0v) is 11.4. The van der Waals surface area contributed by atoms with Gasteiger partial charge in [0.05, 0.1) is 0 Å². The second kappa shape index (κ2) is 6.00. The van der Waals surface area contributed by atoms with Crippen LogP contribution in [-0.4, -0.2) is 27.7 Å². The molecule has 22 heavy (non-hydrogen) atoms. The van der Waals surface area contributed by atoms with E-state index in [1.54, 1.807) is 11.5 Å². The maximum atomic E-state index is 12.0. The number of nitrogens with zero attached hydrogens (tertiary/aromatic N) is 2. The third-order valence-electron chi connectivity index (χ3n) is 2.80. The van der Waals surface area contributed by atoms with Gasteiger partial charge in [-0.25, -0.2) is 14.6 Å². The summed E-state index contributed by atoms with van der Waals surface area (Å²) < 4.78 is 41.4. The molecule has 1 aromatic heterocycles. The van der Waals surface area contributed by atoms with Gasteiger partial charge < -0.3 is 9.30 Å². The van der Waals surface area contributed by atoms with Gasteiger partial charge in [-0.3, -0.25) is 0 Å². The Hall–Kier alpha value is -2.64. The maximum Gasteiger partial charge on any atom is 0.491 e. The molecular weight excluding hydrogens is 301 g/mol. The number of carbonyl (C=O) groups excluding carboxylic acids is 2. The molecule has 0 spiro atoms. The fourth-order valence-corrected chi connectivity index (χ4v) is 1.74. The summed E-state index contributed by atoms with van der Waals surface area (Å²) >= 11 is 0. The highest BCUT2D eigenvalue weighted by atomic mass is 19.4. The predicted octanol–water partition coefficient (Wildman–Crippen LogP) is 2.49. The molecule has 8 heteroatoms. The molecule has 0 amide bonds. The van der Waals surface area contributed by atoms with Crippen molar-refractivity contribution in [3.63, 3.8) is 0 Å². The van der Waals surface area contributed by atoms with Gasteiger partial charge in [0.1, 0.15) is 5.82 Å². The van der Waals surface area contributed by atoms with Gasteiger partial charge in [-0.05, 0) is 12.5 Å². The van der Waals surface area contributed by atoms with Crippen LogP contribution in [0.25, 0.3) is 0 Å². The third-order valence-corrected chi connectivity index (χ3v) is 2.80. The van der Waals surface area contributed by atoms with Crippen molar-refractivity contribution >= 4 is 11.9 Å². The van der Waals surface area contributed by atoms with Crippen LogP contribution in [0.1, 0.15) is 21.9 Å². The summed E-state index contributed by atoms with van der Waals surface area (Å²) in [6.45, 7) is 1.98. The Bertz CT molecular complexity index is 693. The highest BCUT2D eigenvalue weighted by Gasteiger charge is 2.42. The maximum absolute atomic E-state index is 12.0. The molecule has 1 heterocycles. The van der Waals surface area contributed by atoms with Gasteiger partial charge >= 0.3 is 18.1 Å². The lowest BCUT2D eigenvalue weighted by Crippen LogP contribution is -2.28. The van der Waals surface area contributed by atoms with E-state index in [2.05, 4.69) is 9.72 Å². The van der Waals surface area contributed by atoms with Gasteiger partial charge in [-0.15, -0.1) is 0 Å². The molecule has 0 atom stereocenters. The molecule has 0 unspecified atom stereocenters. The molecular formula is C14H11F3N2O3. The van der Waals surface area contributed by atoms with Crippen LogP contribution in [0.15, 0.2) is 36.5 Å². The molecule has 0 radical (unpaired) electrons. The Labute approximate surface area is 123 Å². The molecule has 0 fully saturated rings. The van der Waals surface area contributed by atoms with Crippen molar-refractivity contribution in [3.8, 4) is 0 Å².